The molecule has 52 heavy (non-hydrogen) atoms. The zero-order valence-electron chi connectivity index (χ0n) is 30.9. The molecular weight excluding hydrogens is 654 g/mol. The van der Waals surface area contributed by atoms with Crippen molar-refractivity contribution in [3.8, 4) is 17.2 Å². The Balaban J connectivity index is 1.07. The molecule has 0 saturated carbocycles. The first-order valence-electron chi connectivity index (χ1n) is 18.7. The molecule has 3 aromatic heterocycles. The van der Waals surface area contributed by atoms with E-state index in [1.807, 2.05) is 65.2 Å². The standard InChI is InChI=1S/C40H51N9O3/c1-6-41-21-23-51-29-14-11-13-28(24-29)49-37(25-35(46-49)40(3,4)5)43-38(50)42-33-18-19-34(32-16-8-7-15-31(32)33)52-30-17-20-36-44-45-39(48(36)26-30)47-22-10-9-12-27(47)2/h7-8,11,13-17,20,24-27,33-34,41H,6,9-10,12,18-19,21-23H2,1-5H3,(H2,42,43,50)/t27-,33-,34+/m0/s1. The third-order valence-corrected chi connectivity index (χ3v) is 10.0. The number of pyridine rings is 1. The average molecular weight is 706 g/mol. The summed E-state index contributed by atoms with van der Waals surface area (Å²) >= 11 is 0. The molecule has 12 heteroatoms. The lowest BCUT2D eigenvalue weighted by Crippen LogP contribution is -2.38. The first-order valence-corrected chi connectivity index (χ1v) is 18.7. The van der Waals surface area contributed by atoms with Crippen LogP contribution in [0.1, 0.15) is 95.7 Å². The van der Waals surface area contributed by atoms with Crippen LogP contribution in [0.15, 0.2) is 72.9 Å². The Morgan fingerprint density at radius 3 is 2.60 bits per heavy atom. The van der Waals surface area contributed by atoms with E-state index >= 15 is 0 Å². The van der Waals surface area contributed by atoms with E-state index in [1.54, 1.807) is 4.68 Å². The molecule has 2 amide bonds. The van der Waals surface area contributed by atoms with Gasteiger partial charge in [0.2, 0.25) is 5.95 Å². The lowest BCUT2D eigenvalue weighted by molar-refractivity contribution is 0.171. The zero-order chi connectivity index (χ0) is 36.2. The summed E-state index contributed by atoms with van der Waals surface area (Å²) in [5.41, 5.74) is 4.37. The number of urea groups is 1. The number of rotatable bonds is 11. The van der Waals surface area contributed by atoms with E-state index in [9.17, 15) is 4.79 Å². The summed E-state index contributed by atoms with van der Waals surface area (Å²) in [6.07, 6.45) is 6.86. The Morgan fingerprint density at radius 2 is 1.79 bits per heavy atom. The number of piperidine rings is 1. The molecule has 1 saturated heterocycles. The molecule has 4 heterocycles. The highest BCUT2D eigenvalue weighted by Crippen LogP contribution is 2.39. The maximum Gasteiger partial charge on any atom is 0.320 e. The Labute approximate surface area is 305 Å². The van der Waals surface area contributed by atoms with E-state index in [1.165, 1.54) is 6.42 Å². The Morgan fingerprint density at radius 1 is 0.942 bits per heavy atom. The maximum absolute atomic E-state index is 13.7. The molecule has 2 aliphatic rings. The van der Waals surface area contributed by atoms with E-state index in [2.05, 4.69) is 77.8 Å². The van der Waals surface area contributed by atoms with Gasteiger partial charge in [-0.25, -0.2) is 9.48 Å². The van der Waals surface area contributed by atoms with Crippen LogP contribution < -0.4 is 30.3 Å². The number of nitrogens with zero attached hydrogens (tertiary/aromatic N) is 6. The molecule has 2 aromatic carbocycles. The van der Waals surface area contributed by atoms with Gasteiger partial charge in [0.25, 0.3) is 0 Å². The van der Waals surface area contributed by atoms with Crippen molar-refractivity contribution in [2.75, 3.05) is 36.5 Å². The zero-order valence-corrected chi connectivity index (χ0v) is 30.9. The summed E-state index contributed by atoms with van der Waals surface area (Å²) in [5, 5.41) is 23.5. The molecule has 0 spiro atoms. The van der Waals surface area contributed by atoms with Gasteiger partial charge in [-0.05, 0) is 81.0 Å². The summed E-state index contributed by atoms with van der Waals surface area (Å²) < 4.78 is 16.5. The Hall–Kier alpha value is -5.10. The highest BCUT2D eigenvalue weighted by molar-refractivity contribution is 5.89. The number of hydrogen-bond acceptors (Lipinski definition) is 8. The number of benzene rings is 2. The highest BCUT2D eigenvalue weighted by Gasteiger charge is 2.31. The molecule has 0 unspecified atom stereocenters. The number of likely N-dealkylation sites (N-methyl/N-ethyl adjacent to an activating group) is 1. The van der Waals surface area contributed by atoms with Crippen LogP contribution in [0.25, 0.3) is 11.3 Å². The summed E-state index contributed by atoms with van der Waals surface area (Å²) in [6, 6.07) is 21.8. The number of anilines is 2. The predicted molar refractivity (Wildman–Crippen MR) is 204 cm³/mol. The van der Waals surface area contributed by atoms with Crippen LogP contribution in [0.5, 0.6) is 11.5 Å². The third kappa shape index (κ3) is 7.72. The second-order valence-electron chi connectivity index (χ2n) is 14.9. The minimum Gasteiger partial charge on any atom is -0.492 e. The minimum absolute atomic E-state index is 0.161. The summed E-state index contributed by atoms with van der Waals surface area (Å²) in [6.45, 7) is 13.8. The van der Waals surface area contributed by atoms with Gasteiger partial charge in [-0.1, -0.05) is 58.0 Å². The van der Waals surface area contributed by atoms with Gasteiger partial charge in [0.15, 0.2) is 5.65 Å². The van der Waals surface area contributed by atoms with Crippen molar-refractivity contribution in [1.82, 2.24) is 35.0 Å². The van der Waals surface area contributed by atoms with Crippen LogP contribution >= 0.6 is 0 Å². The maximum atomic E-state index is 13.7. The Bertz CT molecular complexity index is 2000. The molecule has 3 atom stereocenters. The number of carbonyl (C=O) groups is 1. The normalized spacial score (nSPS) is 18.9. The molecule has 0 radical (unpaired) electrons. The summed E-state index contributed by atoms with van der Waals surface area (Å²) in [5.74, 6) is 2.95. The van der Waals surface area contributed by atoms with Gasteiger partial charge in [0.05, 0.1) is 23.6 Å². The molecule has 0 bridgehead atoms. The fraction of sp³-hybridized carbons (Fsp3) is 0.450. The lowest BCUT2D eigenvalue weighted by atomic mass is 9.85. The van der Waals surface area contributed by atoms with Crippen LogP contribution in [0.4, 0.5) is 16.6 Å². The highest BCUT2D eigenvalue weighted by atomic mass is 16.5. The molecule has 274 valence electrons. The van der Waals surface area contributed by atoms with Gasteiger partial charge < -0.3 is 25.0 Å². The number of fused-ring (bicyclic) bond motifs is 2. The van der Waals surface area contributed by atoms with Gasteiger partial charge in [0, 0.05) is 36.7 Å². The first kappa shape index (κ1) is 35.3. The van der Waals surface area contributed by atoms with Crippen molar-refractivity contribution in [3.05, 3.63) is 89.7 Å². The van der Waals surface area contributed by atoms with Crippen LogP contribution in [-0.4, -0.2) is 62.7 Å². The largest absolute Gasteiger partial charge is 0.492 e. The molecular formula is C40H51N9O3. The van der Waals surface area contributed by atoms with E-state index in [0.717, 1.165) is 90.9 Å². The van der Waals surface area contributed by atoms with E-state index in [0.29, 0.717) is 18.5 Å². The van der Waals surface area contributed by atoms with Crippen molar-refractivity contribution in [3.63, 3.8) is 0 Å². The molecule has 3 N–H and O–H groups in total. The molecule has 12 nitrogen and oxygen atoms in total. The van der Waals surface area contributed by atoms with Gasteiger partial charge in [-0.3, -0.25) is 9.72 Å². The van der Waals surface area contributed by atoms with E-state index < -0.39 is 0 Å². The SMILES string of the molecule is CCNCCOc1cccc(-n2nc(C(C)(C)C)cc2NC(=O)N[C@H]2CC[C@@H](Oc3ccc4nnc(N5CCCC[C@@H]5C)n4c3)c3ccccc32)c1. The first-order chi connectivity index (χ1) is 25.2. The predicted octanol–water partition coefficient (Wildman–Crippen LogP) is 7.36. The van der Waals surface area contributed by atoms with Gasteiger partial charge in [-0.15, -0.1) is 10.2 Å². The Kier molecular flexibility index (Phi) is 10.4. The monoisotopic (exact) mass is 705 g/mol. The fourth-order valence-electron chi connectivity index (χ4n) is 7.17. The van der Waals surface area contributed by atoms with Crippen molar-refractivity contribution in [2.24, 2.45) is 0 Å². The van der Waals surface area contributed by atoms with Crippen molar-refractivity contribution < 1.29 is 14.3 Å². The number of aromatic nitrogens is 5. The van der Waals surface area contributed by atoms with Gasteiger partial charge >= 0.3 is 6.03 Å². The van der Waals surface area contributed by atoms with Crippen LogP contribution in [0.2, 0.25) is 0 Å². The van der Waals surface area contributed by atoms with Gasteiger partial charge in [0.1, 0.15) is 30.0 Å². The van der Waals surface area contributed by atoms with Gasteiger partial charge in [-0.2, -0.15) is 5.10 Å². The number of nitrogens with one attached hydrogen (secondary N) is 3. The summed E-state index contributed by atoms with van der Waals surface area (Å²) in [7, 11) is 0. The van der Waals surface area contributed by atoms with Crippen molar-refractivity contribution in [2.45, 2.75) is 90.3 Å². The second kappa shape index (κ2) is 15.2. The smallest absolute Gasteiger partial charge is 0.320 e. The number of hydrogen-bond donors (Lipinski definition) is 3. The van der Waals surface area contributed by atoms with Crippen molar-refractivity contribution >= 4 is 23.4 Å². The lowest BCUT2D eigenvalue weighted by Gasteiger charge is -2.33. The number of amides is 2. The molecule has 5 aromatic rings. The quantitative estimate of drug-likeness (QED) is 0.122. The van der Waals surface area contributed by atoms with Crippen molar-refractivity contribution in [1.29, 1.82) is 0 Å². The fourth-order valence-corrected chi connectivity index (χ4v) is 7.17. The molecule has 1 fully saturated rings. The molecule has 1 aliphatic carbocycles. The van der Waals surface area contributed by atoms with E-state index in [4.69, 9.17) is 14.6 Å². The third-order valence-electron chi connectivity index (χ3n) is 10.0. The molecule has 1 aliphatic heterocycles. The number of ether oxygens (including phenoxy) is 2. The number of carbonyl (C=O) groups excluding carboxylic acids is 1. The summed E-state index contributed by atoms with van der Waals surface area (Å²) in [4.78, 5) is 16.1. The van der Waals surface area contributed by atoms with E-state index in [-0.39, 0.29) is 23.6 Å². The molecule has 7 rings (SSSR count). The van der Waals surface area contributed by atoms with Crippen LogP contribution in [0.3, 0.4) is 0 Å². The topological polar surface area (TPSA) is 123 Å². The van der Waals surface area contributed by atoms with Crippen LogP contribution in [0, 0.1) is 0 Å². The second-order valence-corrected chi connectivity index (χ2v) is 14.9. The van der Waals surface area contributed by atoms with Crippen LogP contribution in [-0.2, 0) is 5.41 Å². The minimum atomic E-state index is -0.295. The average Bonchev–Trinajstić information content (AvgIpc) is 3.76.